The Bertz CT molecular complexity index is 434. The molecule has 0 fully saturated rings. The van der Waals surface area contributed by atoms with E-state index in [0.717, 1.165) is 5.56 Å². The highest BCUT2D eigenvalue weighted by Gasteiger charge is 2.13. The minimum Gasteiger partial charge on any atom is -0.338 e. The van der Waals surface area contributed by atoms with Crippen LogP contribution in [0.1, 0.15) is 29.3 Å². The molecule has 0 aliphatic rings. The third kappa shape index (κ3) is 2.83. The minimum atomic E-state index is -0.524. The predicted octanol–water partition coefficient (Wildman–Crippen LogP) is 2.28. The fourth-order valence-corrected chi connectivity index (χ4v) is 1.30. The Morgan fingerprint density at radius 2 is 2.31 bits per heavy atom. The average molecular weight is 219 g/mol. The Morgan fingerprint density at radius 1 is 1.62 bits per heavy atom. The van der Waals surface area contributed by atoms with Crippen molar-refractivity contribution in [3.63, 3.8) is 0 Å². The molecular formula is C13H14FNO. The molecule has 2 nitrogen and oxygen atoms in total. The summed E-state index contributed by atoms with van der Waals surface area (Å²) in [6.45, 7) is 3.62. The molecule has 0 heterocycles. The second-order valence-electron chi connectivity index (χ2n) is 3.58. The van der Waals surface area contributed by atoms with Crippen molar-refractivity contribution in [3.8, 4) is 12.3 Å². The Hall–Kier alpha value is -1.82. The van der Waals surface area contributed by atoms with E-state index in [9.17, 15) is 9.18 Å². The maximum absolute atomic E-state index is 13.4. The second-order valence-corrected chi connectivity index (χ2v) is 3.58. The molecule has 3 heteroatoms. The van der Waals surface area contributed by atoms with Crippen LogP contribution in [0.5, 0.6) is 0 Å². The number of halogens is 1. The molecule has 0 aliphatic heterocycles. The van der Waals surface area contributed by atoms with E-state index >= 15 is 0 Å². The van der Waals surface area contributed by atoms with Crippen molar-refractivity contribution >= 4 is 5.91 Å². The molecule has 0 radical (unpaired) electrons. The summed E-state index contributed by atoms with van der Waals surface area (Å²) in [6.07, 6.45) is 5.83. The molecule has 1 unspecified atom stereocenters. The first kappa shape index (κ1) is 12.3. The summed E-state index contributed by atoms with van der Waals surface area (Å²) < 4.78 is 13.4. The van der Waals surface area contributed by atoms with Crippen molar-refractivity contribution in [2.45, 2.75) is 26.3 Å². The summed E-state index contributed by atoms with van der Waals surface area (Å²) >= 11 is 0. The van der Waals surface area contributed by atoms with Gasteiger partial charge in [0, 0.05) is 0 Å². The normalized spacial score (nSPS) is 11.6. The molecule has 84 valence electrons. The van der Waals surface area contributed by atoms with E-state index in [-0.39, 0.29) is 11.6 Å². The van der Waals surface area contributed by atoms with Crippen LogP contribution >= 0.6 is 0 Å². The van der Waals surface area contributed by atoms with Gasteiger partial charge in [-0.15, -0.1) is 6.42 Å². The Labute approximate surface area is 94.9 Å². The largest absolute Gasteiger partial charge is 0.338 e. The van der Waals surface area contributed by atoms with Crippen molar-refractivity contribution < 1.29 is 9.18 Å². The van der Waals surface area contributed by atoms with Gasteiger partial charge in [0.2, 0.25) is 0 Å². The van der Waals surface area contributed by atoms with Gasteiger partial charge >= 0.3 is 0 Å². The molecule has 1 atom stereocenters. The van der Waals surface area contributed by atoms with E-state index < -0.39 is 11.7 Å². The number of aryl methyl sites for hydroxylation is 1. The van der Waals surface area contributed by atoms with Crippen molar-refractivity contribution in [1.82, 2.24) is 5.32 Å². The van der Waals surface area contributed by atoms with Crippen LogP contribution in [-0.2, 0) is 0 Å². The first-order valence-corrected chi connectivity index (χ1v) is 5.11. The van der Waals surface area contributed by atoms with E-state index in [0.29, 0.717) is 6.42 Å². The zero-order valence-corrected chi connectivity index (χ0v) is 9.38. The summed E-state index contributed by atoms with van der Waals surface area (Å²) in [4.78, 5) is 11.7. The number of carbonyl (C=O) groups excluding carboxylic acids is 1. The summed E-state index contributed by atoms with van der Waals surface area (Å²) in [5.74, 6) is 1.44. The average Bonchev–Trinajstić information content (AvgIpc) is 2.25. The number of hydrogen-bond donors (Lipinski definition) is 1. The highest BCUT2D eigenvalue weighted by molar-refractivity contribution is 5.94. The number of amides is 1. The van der Waals surface area contributed by atoms with Gasteiger partial charge in [-0.05, 0) is 31.0 Å². The minimum absolute atomic E-state index is 0.0271. The first-order valence-electron chi connectivity index (χ1n) is 5.11. The number of terminal acetylenes is 1. The molecule has 1 amide bonds. The number of nitrogens with one attached hydrogen (secondary N) is 1. The molecule has 1 N–H and O–H groups in total. The topological polar surface area (TPSA) is 29.1 Å². The summed E-state index contributed by atoms with van der Waals surface area (Å²) in [5.41, 5.74) is 0.803. The molecular weight excluding hydrogens is 205 g/mol. The van der Waals surface area contributed by atoms with Crippen LogP contribution in [0.25, 0.3) is 0 Å². The van der Waals surface area contributed by atoms with E-state index in [1.807, 2.05) is 6.92 Å². The van der Waals surface area contributed by atoms with Crippen molar-refractivity contribution in [2.75, 3.05) is 0 Å². The summed E-state index contributed by atoms with van der Waals surface area (Å²) in [5, 5.41) is 2.58. The van der Waals surface area contributed by atoms with Gasteiger partial charge in [-0.3, -0.25) is 4.79 Å². The number of hydrogen-bond acceptors (Lipinski definition) is 1. The number of benzene rings is 1. The van der Waals surface area contributed by atoms with Crippen LogP contribution < -0.4 is 5.32 Å². The molecule has 0 bridgehead atoms. The molecule has 1 aromatic carbocycles. The van der Waals surface area contributed by atoms with Gasteiger partial charge in [0.1, 0.15) is 5.82 Å². The molecule has 0 saturated heterocycles. The second kappa shape index (κ2) is 5.32. The smallest absolute Gasteiger partial charge is 0.255 e. The van der Waals surface area contributed by atoms with Crippen LogP contribution in [-0.4, -0.2) is 11.9 Å². The van der Waals surface area contributed by atoms with Crippen LogP contribution in [0.4, 0.5) is 4.39 Å². The lowest BCUT2D eigenvalue weighted by molar-refractivity contribution is 0.0941. The van der Waals surface area contributed by atoms with Crippen LogP contribution in [0.2, 0.25) is 0 Å². The van der Waals surface area contributed by atoms with Crippen LogP contribution in [0.15, 0.2) is 18.2 Å². The standard InChI is InChI=1S/C13H14FNO/c1-4-10(5-2)15-13(16)11-7-6-9(3)8-12(11)14/h1,6-8,10H,5H2,2-3H3,(H,15,16). The Balaban J connectivity index is 2.85. The number of rotatable bonds is 3. The molecule has 0 saturated carbocycles. The maximum atomic E-state index is 13.4. The fourth-order valence-electron chi connectivity index (χ4n) is 1.30. The van der Waals surface area contributed by atoms with Gasteiger partial charge in [-0.1, -0.05) is 18.9 Å². The lowest BCUT2D eigenvalue weighted by Gasteiger charge is -2.11. The van der Waals surface area contributed by atoms with E-state index in [2.05, 4.69) is 11.2 Å². The lowest BCUT2D eigenvalue weighted by Crippen LogP contribution is -2.33. The highest BCUT2D eigenvalue weighted by atomic mass is 19.1. The van der Waals surface area contributed by atoms with Gasteiger partial charge in [0.15, 0.2) is 0 Å². The van der Waals surface area contributed by atoms with Gasteiger partial charge in [-0.25, -0.2) is 4.39 Å². The van der Waals surface area contributed by atoms with E-state index in [4.69, 9.17) is 6.42 Å². The van der Waals surface area contributed by atoms with E-state index in [1.54, 1.807) is 13.0 Å². The lowest BCUT2D eigenvalue weighted by atomic mass is 10.1. The molecule has 0 spiro atoms. The van der Waals surface area contributed by atoms with Gasteiger partial charge in [-0.2, -0.15) is 0 Å². The third-order valence-corrected chi connectivity index (χ3v) is 2.28. The molecule has 0 aliphatic carbocycles. The van der Waals surface area contributed by atoms with Gasteiger partial charge in [0.05, 0.1) is 11.6 Å². The molecule has 1 rings (SSSR count). The van der Waals surface area contributed by atoms with Gasteiger partial charge < -0.3 is 5.32 Å². The highest BCUT2D eigenvalue weighted by Crippen LogP contribution is 2.10. The first-order chi connectivity index (χ1) is 7.58. The zero-order valence-electron chi connectivity index (χ0n) is 9.38. The van der Waals surface area contributed by atoms with Crippen LogP contribution in [0.3, 0.4) is 0 Å². The fraction of sp³-hybridized carbons (Fsp3) is 0.308. The maximum Gasteiger partial charge on any atom is 0.255 e. The molecule has 16 heavy (non-hydrogen) atoms. The predicted molar refractivity (Wildman–Crippen MR) is 61.5 cm³/mol. The molecule has 1 aromatic rings. The zero-order chi connectivity index (χ0) is 12.1. The number of carbonyl (C=O) groups is 1. The monoisotopic (exact) mass is 219 g/mol. The van der Waals surface area contributed by atoms with Crippen molar-refractivity contribution in [2.24, 2.45) is 0 Å². The third-order valence-electron chi connectivity index (χ3n) is 2.28. The summed E-state index contributed by atoms with van der Waals surface area (Å²) in [6, 6.07) is 4.12. The van der Waals surface area contributed by atoms with Gasteiger partial charge in [0.25, 0.3) is 5.91 Å². The van der Waals surface area contributed by atoms with Crippen LogP contribution in [0, 0.1) is 25.1 Å². The summed E-state index contributed by atoms with van der Waals surface area (Å²) in [7, 11) is 0. The quantitative estimate of drug-likeness (QED) is 0.776. The Kier molecular flexibility index (Phi) is 4.07. The molecule has 0 aromatic heterocycles. The van der Waals surface area contributed by atoms with Crippen molar-refractivity contribution in [1.29, 1.82) is 0 Å². The Morgan fingerprint density at radius 3 is 2.81 bits per heavy atom. The SMILES string of the molecule is C#CC(CC)NC(=O)c1ccc(C)cc1F. The van der Waals surface area contributed by atoms with Crippen molar-refractivity contribution in [3.05, 3.63) is 35.1 Å². The van der Waals surface area contributed by atoms with E-state index in [1.165, 1.54) is 12.1 Å².